The molecular weight excluding hydrogens is 208 g/mol. The maximum absolute atomic E-state index is 11.1. The molecule has 0 aromatic carbocycles. The zero-order valence-corrected chi connectivity index (χ0v) is 9.96. The number of carbonyl (C=O) groups is 1. The lowest BCUT2D eigenvalue weighted by molar-refractivity contribution is 0.0735. The van der Waals surface area contributed by atoms with Crippen molar-refractivity contribution in [1.29, 1.82) is 0 Å². The summed E-state index contributed by atoms with van der Waals surface area (Å²) in [4.78, 5) is 11.1. The number of amides is 1. The van der Waals surface area contributed by atoms with E-state index in [1.165, 1.54) is 0 Å². The third-order valence-electron chi connectivity index (χ3n) is 2.43. The number of carbonyl (C=O) groups excluding carboxylic acids is 1. The molecule has 0 bridgehead atoms. The Morgan fingerprint density at radius 3 is 3.19 bits per heavy atom. The summed E-state index contributed by atoms with van der Waals surface area (Å²) >= 11 is 0. The number of hydrogen-bond acceptors (Lipinski definition) is 4. The van der Waals surface area contributed by atoms with Gasteiger partial charge in [-0.15, -0.1) is 0 Å². The summed E-state index contributed by atoms with van der Waals surface area (Å²) in [6.07, 6.45) is 2.52. The van der Waals surface area contributed by atoms with Gasteiger partial charge in [-0.3, -0.25) is 0 Å². The molecule has 1 amide bonds. The van der Waals surface area contributed by atoms with Crippen LogP contribution in [-0.4, -0.2) is 45.0 Å². The molecule has 94 valence electrons. The van der Waals surface area contributed by atoms with Crippen LogP contribution < -0.4 is 10.6 Å². The zero-order chi connectivity index (χ0) is 11.6. The third-order valence-corrected chi connectivity index (χ3v) is 2.43. The van der Waals surface area contributed by atoms with Crippen LogP contribution in [0, 0.1) is 0 Å². The molecule has 0 spiro atoms. The van der Waals surface area contributed by atoms with E-state index in [0.29, 0.717) is 19.2 Å². The summed E-state index contributed by atoms with van der Waals surface area (Å²) in [6, 6.07) is 0.433. The summed E-state index contributed by atoms with van der Waals surface area (Å²) in [5.41, 5.74) is 0. The Bertz CT molecular complexity index is 194. The largest absolute Gasteiger partial charge is 0.450 e. The summed E-state index contributed by atoms with van der Waals surface area (Å²) in [6.45, 7) is 5.64. The number of alkyl carbamates (subject to hydrolysis) is 1. The Balaban J connectivity index is 1.92. The minimum absolute atomic E-state index is 0.310. The molecule has 0 saturated carbocycles. The maximum atomic E-state index is 11.1. The van der Waals surface area contributed by atoms with Crippen LogP contribution in [-0.2, 0) is 9.47 Å². The molecule has 16 heavy (non-hydrogen) atoms. The molecule has 0 aliphatic carbocycles. The van der Waals surface area contributed by atoms with Gasteiger partial charge in [0, 0.05) is 19.1 Å². The monoisotopic (exact) mass is 230 g/mol. The SMILES string of the molecule is CCCOC(=O)NCCCC1COCCN1. The highest BCUT2D eigenvalue weighted by Gasteiger charge is 2.12. The van der Waals surface area contributed by atoms with Crippen molar-refractivity contribution < 1.29 is 14.3 Å². The van der Waals surface area contributed by atoms with Crippen LogP contribution in [0.15, 0.2) is 0 Å². The van der Waals surface area contributed by atoms with E-state index in [0.717, 1.165) is 39.0 Å². The van der Waals surface area contributed by atoms with E-state index in [4.69, 9.17) is 9.47 Å². The molecule has 1 fully saturated rings. The van der Waals surface area contributed by atoms with Gasteiger partial charge in [-0.1, -0.05) is 6.92 Å². The zero-order valence-electron chi connectivity index (χ0n) is 9.96. The predicted octanol–water partition coefficient (Wildman–Crippen LogP) is 0.891. The second-order valence-corrected chi connectivity index (χ2v) is 3.93. The quantitative estimate of drug-likeness (QED) is 0.665. The first-order valence-electron chi connectivity index (χ1n) is 6.04. The Kier molecular flexibility index (Phi) is 6.92. The number of hydrogen-bond donors (Lipinski definition) is 2. The molecule has 1 atom stereocenters. The van der Waals surface area contributed by atoms with Crippen molar-refractivity contribution in [2.75, 3.05) is 32.9 Å². The highest BCUT2D eigenvalue weighted by Crippen LogP contribution is 2.00. The molecular formula is C11H22N2O3. The van der Waals surface area contributed by atoms with Gasteiger partial charge >= 0.3 is 6.09 Å². The fraction of sp³-hybridized carbons (Fsp3) is 0.909. The minimum atomic E-state index is -0.310. The van der Waals surface area contributed by atoms with Crippen LogP contribution >= 0.6 is 0 Å². The predicted molar refractivity (Wildman–Crippen MR) is 61.5 cm³/mol. The first-order valence-corrected chi connectivity index (χ1v) is 6.04. The van der Waals surface area contributed by atoms with Crippen molar-refractivity contribution >= 4 is 6.09 Å². The molecule has 1 aliphatic heterocycles. The highest BCUT2D eigenvalue weighted by molar-refractivity contribution is 5.66. The van der Waals surface area contributed by atoms with Gasteiger partial charge in [0.2, 0.25) is 0 Å². The van der Waals surface area contributed by atoms with Gasteiger partial charge in [0.25, 0.3) is 0 Å². The van der Waals surface area contributed by atoms with Crippen molar-refractivity contribution in [3.63, 3.8) is 0 Å². The molecule has 5 nitrogen and oxygen atoms in total. The topological polar surface area (TPSA) is 59.6 Å². The highest BCUT2D eigenvalue weighted by atomic mass is 16.5. The van der Waals surface area contributed by atoms with E-state index in [1.54, 1.807) is 0 Å². The van der Waals surface area contributed by atoms with Gasteiger partial charge in [-0.05, 0) is 19.3 Å². The van der Waals surface area contributed by atoms with Crippen LogP contribution in [0.1, 0.15) is 26.2 Å². The Morgan fingerprint density at radius 2 is 2.50 bits per heavy atom. The lowest BCUT2D eigenvalue weighted by Crippen LogP contribution is -2.41. The molecule has 1 unspecified atom stereocenters. The van der Waals surface area contributed by atoms with E-state index in [1.807, 2.05) is 6.92 Å². The Morgan fingerprint density at radius 1 is 1.62 bits per heavy atom. The van der Waals surface area contributed by atoms with Gasteiger partial charge in [-0.25, -0.2) is 4.79 Å². The Labute approximate surface area is 96.9 Å². The van der Waals surface area contributed by atoms with Gasteiger partial charge in [0.1, 0.15) is 0 Å². The number of rotatable bonds is 6. The molecule has 1 aliphatic rings. The molecule has 5 heteroatoms. The molecule has 1 rings (SSSR count). The summed E-state index contributed by atoms with van der Waals surface area (Å²) in [5, 5.41) is 6.10. The lowest BCUT2D eigenvalue weighted by atomic mass is 10.1. The first-order chi connectivity index (χ1) is 7.83. The standard InChI is InChI=1S/C11H22N2O3/c1-2-7-16-11(14)13-5-3-4-10-9-15-8-6-12-10/h10,12H,2-9H2,1H3,(H,13,14). The van der Waals surface area contributed by atoms with Crippen molar-refractivity contribution in [1.82, 2.24) is 10.6 Å². The molecule has 1 saturated heterocycles. The molecule has 0 radical (unpaired) electrons. The van der Waals surface area contributed by atoms with Crippen molar-refractivity contribution in [3.8, 4) is 0 Å². The molecule has 2 N–H and O–H groups in total. The van der Waals surface area contributed by atoms with Gasteiger partial charge in [0.05, 0.1) is 19.8 Å². The van der Waals surface area contributed by atoms with E-state index in [9.17, 15) is 4.79 Å². The number of morpholine rings is 1. The van der Waals surface area contributed by atoms with Crippen LogP contribution in [0.25, 0.3) is 0 Å². The van der Waals surface area contributed by atoms with Gasteiger partial charge in [0.15, 0.2) is 0 Å². The van der Waals surface area contributed by atoms with Crippen molar-refractivity contribution in [2.24, 2.45) is 0 Å². The smallest absolute Gasteiger partial charge is 0.407 e. The van der Waals surface area contributed by atoms with E-state index >= 15 is 0 Å². The van der Waals surface area contributed by atoms with E-state index in [2.05, 4.69) is 10.6 Å². The second-order valence-electron chi connectivity index (χ2n) is 3.93. The fourth-order valence-corrected chi connectivity index (χ4v) is 1.59. The van der Waals surface area contributed by atoms with Crippen LogP contribution in [0.5, 0.6) is 0 Å². The average molecular weight is 230 g/mol. The second kappa shape index (κ2) is 8.35. The number of ether oxygens (including phenoxy) is 2. The summed E-state index contributed by atoms with van der Waals surface area (Å²) in [5.74, 6) is 0. The number of nitrogens with one attached hydrogen (secondary N) is 2. The van der Waals surface area contributed by atoms with Crippen LogP contribution in [0.3, 0.4) is 0 Å². The first kappa shape index (κ1) is 13.3. The van der Waals surface area contributed by atoms with E-state index < -0.39 is 0 Å². The minimum Gasteiger partial charge on any atom is -0.450 e. The average Bonchev–Trinajstić information content (AvgIpc) is 2.33. The summed E-state index contributed by atoms with van der Waals surface area (Å²) < 4.78 is 10.2. The van der Waals surface area contributed by atoms with Crippen LogP contribution in [0.2, 0.25) is 0 Å². The van der Waals surface area contributed by atoms with Gasteiger partial charge in [-0.2, -0.15) is 0 Å². The van der Waals surface area contributed by atoms with E-state index in [-0.39, 0.29) is 6.09 Å². The lowest BCUT2D eigenvalue weighted by Gasteiger charge is -2.23. The molecule has 1 heterocycles. The maximum Gasteiger partial charge on any atom is 0.407 e. The van der Waals surface area contributed by atoms with Crippen LogP contribution in [0.4, 0.5) is 4.79 Å². The third kappa shape index (κ3) is 5.92. The van der Waals surface area contributed by atoms with Gasteiger partial charge < -0.3 is 20.1 Å². The van der Waals surface area contributed by atoms with Crippen molar-refractivity contribution in [3.05, 3.63) is 0 Å². The van der Waals surface area contributed by atoms with Crippen molar-refractivity contribution in [2.45, 2.75) is 32.2 Å². The Hall–Kier alpha value is -0.810. The molecule has 0 aromatic rings. The normalized spacial score (nSPS) is 20.4. The summed E-state index contributed by atoms with van der Waals surface area (Å²) in [7, 11) is 0. The molecule has 0 aromatic heterocycles. The fourth-order valence-electron chi connectivity index (χ4n) is 1.59.